The van der Waals surface area contributed by atoms with E-state index in [-0.39, 0.29) is 5.41 Å². The molecule has 0 unspecified atom stereocenters. The zero-order valence-electron chi connectivity index (χ0n) is 29.2. The van der Waals surface area contributed by atoms with E-state index in [0.717, 1.165) is 22.5 Å². The fourth-order valence-electron chi connectivity index (χ4n) is 8.40. The number of nitrogens with zero attached hydrogens (tertiary/aromatic N) is 2. The van der Waals surface area contributed by atoms with Gasteiger partial charge in [0.15, 0.2) is 0 Å². The molecule has 2 heteroatoms. The molecule has 0 amide bonds. The Morgan fingerprint density at radius 2 is 1.02 bits per heavy atom. The maximum Gasteiger partial charge on any atom is 0.0708 e. The summed E-state index contributed by atoms with van der Waals surface area (Å²) in [7, 11) is 0. The van der Waals surface area contributed by atoms with Crippen LogP contribution in [0.25, 0.3) is 83.3 Å². The van der Waals surface area contributed by atoms with Gasteiger partial charge in [0.05, 0.1) is 16.7 Å². The third-order valence-corrected chi connectivity index (χ3v) is 11.0. The van der Waals surface area contributed by atoms with Crippen LogP contribution in [0, 0.1) is 0 Å². The van der Waals surface area contributed by atoms with Crippen LogP contribution in [0.4, 0.5) is 0 Å². The first-order valence-electron chi connectivity index (χ1n) is 18.0. The van der Waals surface area contributed by atoms with E-state index >= 15 is 0 Å². The second kappa shape index (κ2) is 11.8. The molecule has 2 heterocycles. The minimum Gasteiger partial charge on any atom is -0.309 e. The quantitative estimate of drug-likeness (QED) is 0.179. The van der Waals surface area contributed by atoms with E-state index in [2.05, 4.69) is 194 Å². The average molecular weight is 665 g/mol. The number of para-hydroxylation sites is 1. The molecular weight excluding hydrogens is 629 g/mol. The van der Waals surface area contributed by atoms with Crippen LogP contribution in [0.15, 0.2) is 182 Å². The molecule has 52 heavy (non-hydrogen) atoms. The summed E-state index contributed by atoms with van der Waals surface area (Å²) >= 11 is 0. The zero-order chi connectivity index (χ0) is 34.8. The molecule has 7 aromatic carbocycles. The predicted octanol–water partition coefficient (Wildman–Crippen LogP) is 13.2. The topological polar surface area (TPSA) is 17.8 Å². The van der Waals surface area contributed by atoms with Crippen LogP contribution < -0.4 is 0 Å². The Balaban J connectivity index is 1.10. The number of benzene rings is 7. The van der Waals surface area contributed by atoms with Gasteiger partial charge in [-0.3, -0.25) is 4.98 Å². The highest BCUT2D eigenvalue weighted by Gasteiger charge is 2.35. The van der Waals surface area contributed by atoms with Crippen molar-refractivity contribution in [1.29, 1.82) is 0 Å². The van der Waals surface area contributed by atoms with E-state index in [1.165, 1.54) is 71.9 Å². The fraction of sp³-hybridized carbons (Fsp3) is 0.0600. The second-order valence-corrected chi connectivity index (χ2v) is 14.4. The first-order chi connectivity index (χ1) is 25.5. The van der Waals surface area contributed by atoms with Crippen molar-refractivity contribution < 1.29 is 0 Å². The number of aromatic nitrogens is 2. The van der Waals surface area contributed by atoms with Gasteiger partial charge in [0.25, 0.3) is 0 Å². The zero-order valence-corrected chi connectivity index (χ0v) is 29.2. The molecule has 9 aromatic rings. The lowest BCUT2D eigenvalue weighted by Gasteiger charge is -2.21. The summed E-state index contributed by atoms with van der Waals surface area (Å²) < 4.78 is 2.43. The van der Waals surface area contributed by atoms with Crippen molar-refractivity contribution in [2.75, 3.05) is 0 Å². The van der Waals surface area contributed by atoms with Crippen LogP contribution in [0.3, 0.4) is 0 Å². The van der Waals surface area contributed by atoms with E-state index in [1.807, 2.05) is 6.20 Å². The van der Waals surface area contributed by atoms with Crippen molar-refractivity contribution in [2.45, 2.75) is 19.3 Å². The number of rotatable bonds is 5. The molecule has 0 saturated carbocycles. The lowest BCUT2D eigenvalue weighted by Crippen LogP contribution is -2.14. The van der Waals surface area contributed by atoms with Crippen LogP contribution in [0.1, 0.15) is 25.0 Å². The van der Waals surface area contributed by atoms with Gasteiger partial charge in [-0.25, -0.2) is 0 Å². The van der Waals surface area contributed by atoms with E-state index < -0.39 is 0 Å². The summed E-state index contributed by atoms with van der Waals surface area (Å²) in [5.41, 5.74) is 18.1. The summed E-state index contributed by atoms with van der Waals surface area (Å²) in [4.78, 5) is 4.88. The number of fused-ring (bicyclic) bond motifs is 6. The Hall–Kier alpha value is -6.51. The van der Waals surface area contributed by atoms with Crippen LogP contribution in [-0.4, -0.2) is 9.55 Å². The number of hydrogen-bond acceptors (Lipinski definition) is 1. The van der Waals surface area contributed by atoms with Gasteiger partial charge in [-0.1, -0.05) is 135 Å². The van der Waals surface area contributed by atoms with Gasteiger partial charge in [-0.2, -0.15) is 0 Å². The normalized spacial score (nSPS) is 13.0. The molecule has 2 nitrogen and oxygen atoms in total. The second-order valence-electron chi connectivity index (χ2n) is 14.4. The Labute approximate surface area is 304 Å². The first kappa shape index (κ1) is 30.3. The third kappa shape index (κ3) is 4.83. The molecular formula is C50H36N2. The molecule has 246 valence electrons. The standard InChI is InChI=1S/C50H36N2/c1-50(2)45-19-11-9-17-41(45)42-23-21-37(31-46(42)50)47-32-36(25-26-51-47)35-22-24-49-44(30-35)43-18-10-12-20-48(43)52(49)40-28-38(33-13-5-3-6-14-33)27-39(29-40)34-15-7-4-8-16-34/h3-32H,1-2H3. The van der Waals surface area contributed by atoms with Crippen LogP contribution in [0.5, 0.6) is 0 Å². The van der Waals surface area contributed by atoms with E-state index in [4.69, 9.17) is 4.98 Å². The van der Waals surface area contributed by atoms with Gasteiger partial charge in [0.2, 0.25) is 0 Å². The SMILES string of the molecule is CC1(C)c2ccccc2-c2ccc(-c3cc(-c4ccc5c(c4)c4ccccc4n5-c4cc(-c5ccccc5)cc(-c5ccccc5)c4)ccn3)cc21. The Morgan fingerprint density at radius 3 is 1.79 bits per heavy atom. The van der Waals surface area contributed by atoms with Gasteiger partial charge in [-0.05, 0) is 110 Å². The lowest BCUT2D eigenvalue weighted by atomic mass is 9.82. The van der Waals surface area contributed by atoms with Crippen molar-refractivity contribution in [1.82, 2.24) is 9.55 Å². The van der Waals surface area contributed by atoms with E-state index in [9.17, 15) is 0 Å². The molecule has 0 bridgehead atoms. The van der Waals surface area contributed by atoms with Gasteiger partial charge in [0, 0.05) is 33.6 Å². The minimum atomic E-state index is -0.0543. The van der Waals surface area contributed by atoms with Crippen LogP contribution >= 0.6 is 0 Å². The molecule has 10 rings (SSSR count). The summed E-state index contributed by atoms with van der Waals surface area (Å²) in [6.45, 7) is 4.66. The lowest BCUT2D eigenvalue weighted by molar-refractivity contribution is 0.660. The smallest absolute Gasteiger partial charge is 0.0708 e. The molecule has 0 aliphatic heterocycles. The van der Waals surface area contributed by atoms with Gasteiger partial charge < -0.3 is 4.57 Å². The average Bonchev–Trinajstić information content (AvgIpc) is 3.66. The summed E-state index contributed by atoms with van der Waals surface area (Å²) in [5, 5.41) is 2.47. The minimum absolute atomic E-state index is 0.0543. The maximum absolute atomic E-state index is 4.88. The van der Waals surface area contributed by atoms with Gasteiger partial charge >= 0.3 is 0 Å². The molecule has 0 spiro atoms. The van der Waals surface area contributed by atoms with Crippen molar-refractivity contribution in [3.8, 4) is 61.5 Å². The number of hydrogen-bond donors (Lipinski definition) is 0. The summed E-state index contributed by atoms with van der Waals surface area (Å²) in [6, 6.07) is 64.1. The van der Waals surface area contributed by atoms with Gasteiger partial charge in [0.1, 0.15) is 0 Å². The maximum atomic E-state index is 4.88. The molecule has 2 aromatic heterocycles. The first-order valence-corrected chi connectivity index (χ1v) is 18.0. The Morgan fingerprint density at radius 1 is 0.404 bits per heavy atom. The number of pyridine rings is 1. The van der Waals surface area contributed by atoms with Crippen molar-refractivity contribution in [2.24, 2.45) is 0 Å². The largest absolute Gasteiger partial charge is 0.309 e. The van der Waals surface area contributed by atoms with E-state index in [1.54, 1.807) is 0 Å². The molecule has 0 N–H and O–H groups in total. The van der Waals surface area contributed by atoms with Crippen molar-refractivity contribution in [3.63, 3.8) is 0 Å². The van der Waals surface area contributed by atoms with Crippen LogP contribution in [-0.2, 0) is 5.41 Å². The van der Waals surface area contributed by atoms with E-state index in [0.29, 0.717) is 0 Å². The summed E-state index contributed by atoms with van der Waals surface area (Å²) in [5.74, 6) is 0. The Kier molecular flexibility index (Phi) is 6.87. The van der Waals surface area contributed by atoms with Crippen molar-refractivity contribution in [3.05, 3.63) is 193 Å². The predicted molar refractivity (Wildman–Crippen MR) is 218 cm³/mol. The molecule has 1 aliphatic carbocycles. The Bertz CT molecular complexity index is 2750. The highest BCUT2D eigenvalue weighted by Crippen LogP contribution is 2.49. The van der Waals surface area contributed by atoms with Crippen LogP contribution in [0.2, 0.25) is 0 Å². The highest BCUT2D eigenvalue weighted by molar-refractivity contribution is 6.10. The monoisotopic (exact) mass is 664 g/mol. The molecule has 0 radical (unpaired) electrons. The van der Waals surface area contributed by atoms with Crippen molar-refractivity contribution >= 4 is 21.8 Å². The molecule has 0 fully saturated rings. The molecule has 0 saturated heterocycles. The van der Waals surface area contributed by atoms with Gasteiger partial charge in [-0.15, -0.1) is 0 Å². The third-order valence-electron chi connectivity index (χ3n) is 11.0. The summed E-state index contributed by atoms with van der Waals surface area (Å²) in [6.07, 6.45) is 1.95. The molecule has 0 atom stereocenters. The molecule has 1 aliphatic rings. The highest BCUT2D eigenvalue weighted by atomic mass is 15.0. The fourth-order valence-corrected chi connectivity index (χ4v) is 8.40.